The Hall–Kier alpha value is -2.66. The van der Waals surface area contributed by atoms with E-state index in [1.807, 2.05) is 52.0 Å². The average molecular weight is 467 g/mol. The second-order valence-corrected chi connectivity index (χ2v) is 10.7. The number of aryl methyl sites for hydroxylation is 1. The molecule has 4 nitrogen and oxygen atoms in total. The number of carbonyl (C=O) groups excluding carboxylic acids is 2. The predicted molar refractivity (Wildman–Crippen MR) is 136 cm³/mol. The third kappa shape index (κ3) is 4.98. The Morgan fingerprint density at radius 2 is 1.67 bits per heavy atom. The van der Waals surface area contributed by atoms with Crippen LogP contribution in [0.2, 0.25) is 0 Å². The van der Waals surface area contributed by atoms with Crippen molar-refractivity contribution in [3.8, 4) is 5.75 Å². The Kier molecular flexibility index (Phi) is 7.32. The Balaban J connectivity index is 1.97. The summed E-state index contributed by atoms with van der Waals surface area (Å²) in [6.45, 7) is 12.3. The SMILES string of the molecule is CCC(CC)(c1ccc(OCC(=O)C(C)(C)C)c(C)c1)c1cc2cc(C(=O)OC)ccc2s1. The molecule has 33 heavy (non-hydrogen) atoms. The Labute approximate surface area is 200 Å². The molecule has 0 aliphatic carbocycles. The van der Waals surface area contributed by atoms with E-state index in [9.17, 15) is 9.59 Å². The molecule has 0 amide bonds. The minimum atomic E-state index is -0.414. The molecule has 0 bridgehead atoms. The van der Waals surface area contributed by atoms with Gasteiger partial charge in [-0.3, -0.25) is 4.79 Å². The smallest absolute Gasteiger partial charge is 0.337 e. The van der Waals surface area contributed by atoms with E-state index in [0.29, 0.717) is 5.56 Å². The molecule has 2 aromatic carbocycles. The predicted octanol–water partition coefficient (Wildman–Crippen LogP) is 7.10. The second kappa shape index (κ2) is 9.68. The average Bonchev–Trinajstić information content (AvgIpc) is 3.22. The summed E-state index contributed by atoms with van der Waals surface area (Å²) < 4.78 is 11.9. The zero-order valence-corrected chi connectivity index (χ0v) is 21.5. The lowest BCUT2D eigenvalue weighted by Crippen LogP contribution is -2.27. The molecule has 0 N–H and O–H groups in total. The highest BCUT2D eigenvalue weighted by molar-refractivity contribution is 7.19. The van der Waals surface area contributed by atoms with Gasteiger partial charge in [0.15, 0.2) is 5.78 Å². The summed E-state index contributed by atoms with van der Waals surface area (Å²) in [6, 6.07) is 14.2. The fourth-order valence-electron chi connectivity index (χ4n) is 4.14. The number of hydrogen-bond donors (Lipinski definition) is 0. The van der Waals surface area contributed by atoms with Gasteiger partial charge in [0, 0.05) is 20.4 Å². The quantitative estimate of drug-likeness (QED) is 0.332. The van der Waals surface area contributed by atoms with Gasteiger partial charge in [-0.15, -0.1) is 11.3 Å². The van der Waals surface area contributed by atoms with Gasteiger partial charge >= 0.3 is 5.97 Å². The molecule has 5 heteroatoms. The molecule has 0 fully saturated rings. The van der Waals surface area contributed by atoms with Crippen LogP contribution in [0.1, 0.15) is 73.8 Å². The van der Waals surface area contributed by atoms with Gasteiger partial charge in [-0.25, -0.2) is 4.79 Å². The summed E-state index contributed by atoms with van der Waals surface area (Å²) in [5.74, 6) is 0.508. The minimum Gasteiger partial charge on any atom is -0.486 e. The molecular formula is C28H34O4S. The fourth-order valence-corrected chi connectivity index (χ4v) is 5.54. The molecular weight excluding hydrogens is 432 g/mol. The van der Waals surface area contributed by atoms with Crippen LogP contribution in [-0.2, 0) is 14.9 Å². The third-order valence-electron chi connectivity index (χ3n) is 6.54. The van der Waals surface area contributed by atoms with E-state index in [4.69, 9.17) is 9.47 Å². The van der Waals surface area contributed by atoms with E-state index < -0.39 is 5.41 Å². The molecule has 176 valence electrons. The highest BCUT2D eigenvalue weighted by Gasteiger charge is 2.33. The second-order valence-electron chi connectivity index (χ2n) is 9.59. The lowest BCUT2D eigenvalue weighted by atomic mass is 9.74. The van der Waals surface area contributed by atoms with Gasteiger partial charge in [-0.2, -0.15) is 0 Å². The largest absolute Gasteiger partial charge is 0.486 e. The fraction of sp³-hybridized carbons (Fsp3) is 0.429. The molecule has 1 aromatic heterocycles. The zero-order chi connectivity index (χ0) is 24.4. The van der Waals surface area contributed by atoms with Crippen molar-refractivity contribution in [1.29, 1.82) is 0 Å². The Morgan fingerprint density at radius 1 is 0.970 bits per heavy atom. The molecule has 0 aliphatic heterocycles. The molecule has 0 unspecified atom stereocenters. The summed E-state index contributed by atoms with van der Waals surface area (Å²) in [4.78, 5) is 25.5. The summed E-state index contributed by atoms with van der Waals surface area (Å²) in [7, 11) is 1.40. The van der Waals surface area contributed by atoms with Crippen molar-refractivity contribution in [2.75, 3.05) is 13.7 Å². The molecule has 0 saturated carbocycles. The van der Waals surface area contributed by atoms with Crippen LogP contribution < -0.4 is 4.74 Å². The first-order valence-corrected chi connectivity index (χ1v) is 12.3. The van der Waals surface area contributed by atoms with Gasteiger partial charge in [-0.05, 0) is 66.6 Å². The molecule has 0 atom stereocenters. The first-order valence-electron chi connectivity index (χ1n) is 11.4. The van der Waals surface area contributed by atoms with Crippen LogP contribution in [0.3, 0.4) is 0 Å². The topological polar surface area (TPSA) is 52.6 Å². The highest BCUT2D eigenvalue weighted by Crippen LogP contribution is 2.45. The number of rotatable bonds is 8. The summed E-state index contributed by atoms with van der Waals surface area (Å²) in [6.07, 6.45) is 1.89. The number of carbonyl (C=O) groups is 2. The highest BCUT2D eigenvalue weighted by atomic mass is 32.1. The lowest BCUT2D eigenvalue weighted by Gasteiger charge is -2.32. The molecule has 0 radical (unpaired) electrons. The van der Waals surface area contributed by atoms with E-state index in [0.717, 1.165) is 34.2 Å². The van der Waals surface area contributed by atoms with Crippen LogP contribution in [-0.4, -0.2) is 25.5 Å². The summed E-state index contributed by atoms with van der Waals surface area (Å²) >= 11 is 1.78. The molecule has 3 aromatic rings. The van der Waals surface area contributed by atoms with Crippen molar-refractivity contribution in [2.24, 2.45) is 5.41 Å². The molecule has 0 saturated heterocycles. The molecule has 1 heterocycles. The van der Waals surface area contributed by atoms with E-state index in [2.05, 4.69) is 32.0 Å². The Bertz CT molecular complexity index is 1160. The number of hydrogen-bond acceptors (Lipinski definition) is 5. The molecule has 0 aliphatic rings. The third-order valence-corrected chi connectivity index (χ3v) is 7.86. The van der Waals surface area contributed by atoms with Crippen molar-refractivity contribution in [1.82, 2.24) is 0 Å². The zero-order valence-electron chi connectivity index (χ0n) is 20.7. The van der Waals surface area contributed by atoms with Crippen LogP contribution in [0, 0.1) is 12.3 Å². The van der Waals surface area contributed by atoms with Crippen LogP contribution >= 0.6 is 11.3 Å². The molecule has 0 spiro atoms. The number of ether oxygens (including phenoxy) is 2. The van der Waals surface area contributed by atoms with Crippen LogP contribution in [0.5, 0.6) is 5.75 Å². The first kappa shape index (κ1) is 25.0. The number of fused-ring (bicyclic) bond motifs is 1. The number of Topliss-reactive ketones (excluding diaryl/α,β-unsaturated/α-hetero) is 1. The van der Waals surface area contributed by atoms with E-state index >= 15 is 0 Å². The van der Waals surface area contributed by atoms with E-state index in [1.54, 1.807) is 11.3 Å². The van der Waals surface area contributed by atoms with Gasteiger partial charge in [0.2, 0.25) is 0 Å². The van der Waals surface area contributed by atoms with E-state index in [-0.39, 0.29) is 23.8 Å². The van der Waals surface area contributed by atoms with Gasteiger partial charge in [0.1, 0.15) is 12.4 Å². The lowest BCUT2D eigenvalue weighted by molar-refractivity contribution is -0.128. The normalized spacial score (nSPS) is 12.1. The van der Waals surface area contributed by atoms with Gasteiger partial charge in [0.05, 0.1) is 12.7 Å². The number of methoxy groups -OCH3 is 1. The van der Waals surface area contributed by atoms with Gasteiger partial charge < -0.3 is 9.47 Å². The molecule has 3 rings (SSSR count). The van der Waals surface area contributed by atoms with Crippen molar-refractivity contribution in [2.45, 2.75) is 59.8 Å². The van der Waals surface area contributed by atoms with Crippen molar-refractivity contribution >= 4 is 33.2 Å². The van der Waals surface area contributed by atoms with Gasteiger partial charge in [0.25, 0.3) is 0 Å². The number of benzene rings is 2. The van der Waals surface area contributed by atoms with Crippen LogP contribution in [0.4, 0.5) is 0 Å². The first-order chi connectivity index (χ1) is 15.6. The number of esters is 1. The maximum absolute atomic E-state index is 12.3. The van der Waals surface area contributed by atoms with Gasteiger partial charge in [-0.1, -0.05) is 46.8 Å². The maximum atomic E-state index is 12.3. The number of thiophene rings is 1. The van der Waals surface area contributed by atoms with E-state index in [1.165, 1.54) is 17.6 Å². The maximum Gasteiger partial charge on any atom is 0.337 e. The summed E-state index contributed by atoms with van der Waals surface area (Å²) in [5.41, 5.74) is 2.27. The van der Waals surface area contributed by atoms with Crippen LogP contribution in [0.25, 0.3) is 10.1 Å². The summed E-state index contributed by atoms with van der Waals surface area (Å²) in [5, 5.41) is 1.06. The van der Waals surface area contributed by atoms with Crippen molar-refractivity contribution < 1.29 is 19.1 Å². The van der Waals surface area contributed by atoms with Crippen molar-refractivity contribution in [3.63, 3.8) is 0 Å². The number of ketones is 1. The van der Waals surface area contributed by atoms with Crippen molar-refractivity contribution in [3.05, 3.63) is 64.0 Å². The minimum absolute atomic E-state index is 0.0786. The van der Waals surface area contributed by atoms with Crippen LogP contribution in [0.15, 0.2) is 42.5 Å². The monoisotopic (exact) mass is 466 g/mol. The standard InChI is InChI=1S/C28H34O4S/c1-8-28(9-2,25-16-20-15-19(26(30)31-7)10-13-23(20)33-25)21-11-12-22(18(3)14-21)32-17-24(29)27(4,5)6/h10-16H,8-9,17H2,1-7H3. The Morgan fingerprint density at radius 3 is 2.24 bits per heavy atom.